The number of hydrogen-bond donors (Lipinski definition) is 2. The molecule has 0 saturated carbocycles. The Morgan fingerprint density at radius 3 is 2.38 bits per heavy atom. The highest BCUT2D eigenvalue weighted by Crippen LogP contribution is 2.16. The third kappa shape index (κ3) is 4.76. The summed E-state index contributed by atoms with van der Waals surface area (Å²) >= 11 is 5.34. The minimum atomic E-state index is 0.161. The summed E-state index contributed by atoms with van der Waals surface area (Å²) in [7, 11) is 0. The number of thiocarbonyl (C=S) groups is 1. The van der Waals surface area contributed by atoms with Crippen molar-refractivity contribution in [2.75, 3.05) is 11.9 Å². The van der Waals surface area contributed by atoms with Gasteiger partial charge in [0, 0.05) is 5.69 Å². The van der Waals surface area contributed by atoms with Gasteiger partial charge in [-0.15, -0.1) is 0 Å². The molecule has 2 aromatic rings. The van der Waals surface area contributed by atoms with Gasteiger partial charge in [-0.1, -0.05) is 30.3 Å². The maximum absolute atomic E-state index is 5.41. The fraction of sp³-hybridized carbons (Fsp3) is 0.235. The highest BCUT2D eigenvalue weighted by molar-refractivity contribution is 7.80. The van der Waals surface area contributed by atoms with Gasteiger partial charge in [0.25, 0.3) is 0 Å². The SMILES string of the molecule is CCOc1ccc(NC(=S)N[C@H](C)c2ccccc2)cc1. The van der Waals surface area contributed by atoms with E-state index in [1.54, 1.807) is 0 Å². The molecule has 1 atom stereocenters. The molecule has 110 valence electrons. The second-order valence-electron chi connectivity index (χ2n) is 4.69. The first-order valence-corrected chi connectivity index (χ1v) is 7.45. The molecule has 0 fully saturated rings. The molecule has 0 aliphatic carbocycles. The summed E-state index contributed by atoms with van der Waals surface area (Å²) in [6.07, 6.45) is 0. The minimum Gasteiger partial charge on any atom is -0.494 e. The summed E-state index contributed by atoms with van der Waals surface area (Å²) in [4.78, 5) is 0. The Labute approximate surface area is 131 Å². The van der Waals surface area contributed by atoms with Crippen molar-refractivity contribution in [3.8, 4) is 5.75 Å². The van der Waals surface area contributed by atoms with E-state index >= 15 is 0 Å². The van der Waals surface area contributed by atoms with Crippen LogP contribution in [0.5, 0.6) is 5.75 Å². The van der Waals surface area contributed by atoms with Crippen LogP contribution in [0.2, 0.25) is 0 Å². The molecule has 0 unspecified atom stereocenters. The Kier molecular flexibility index (Phi) is 5.58. The van der Waals surface area contributed by atoms with Gasteiger partial charge >= 0.3 is 0 Å². The second kappa shape index (κ2) is 7.64. The molecule has 0 spiro atoms. The van der Waals surface area contributed by atoms with Crippen LogP contribution in [-0.2, 0) is 0 Å². The van der Waals surface area contributed by atoms with Crippen LogP contribution in [0, 0.1) is 0 Å². The molecule has 4 heteroatoms. The number of anilines is 1. The molecular formula is C17H20N2OS. The Bertz CT molecular complexity index is 569. The van der Waals surface area contributed by atoms with Crippen molar-refractivity contribution in [2.45, 2.75) is 19.9 Å². The van der Waals surface area contributed by atoms with Crippen molar-refractivity contribution >= 4 is 23.0 Å². The van der Waals surface area contributed by atoms with Crippen molar-refractivity contribution in [2.24, 2.45) is 0 Å². The second-order valence-corrected chi connectivity index (χ2v) is 5.10. The Hall–Kier alpha value is -2.07. The van der Waals surface area contributed by atoms with Gasteiger partial charge in [-0.3, -0.25) is 0 Å². The topological polar surface area (TPSA) is 33.3 Å². The molecule has 0 amide bonds. The molecule has 3 nitrogen and oxygen atoms in total. The average molecular weight is 300 g/mol. The number of ether oxygens (including phenoxy) is 1. The third-order valence-corrected chi connectivity index (χ3v) is 3.29. The molecule has 2 N–H and O–H groups in total. The molecule has 0 saturated heterocycles. The quantitative estimate of drug-likeness (QED) is 0.813. The third-order valence-electron chi connectivity index (χ3n) is 3.07. The number of rotatable bonds is 5. The van der Waals surface area contributed by atoms with Gasteiger partial charge in [0.2, 0.25) is 0 Å². The lowest BCUT2D eigenvalue weighted by Gasteiger charge is -2.17. The number of hydrogen-bond acceptors (Lipinski definition) is 2. The summed E-state index contributed by atoms with van der Waals surface area (Å²) in [6, 6.07) is 18.1. The fourth-order valence-corrected chi connectivity index (χ4v) is 2.28. The maximum Gasteiger partial charge on any atom is 0.171 e. The largest absolute Gasteiger partial charge is 0.494 e. The summed E-state index contributed by atoms with van der Waals surface area (Å²) in [5, 5.41) is 7.06. The number of nitrogens with one attached hydrogen (secondary N) is 2. The Morgan fingerprint density at radius 2 is 1.76 bits per heavy atom. The zero-order valence-electron chi connectivity index (χ0n) is 12.3. The van der Waals surface area contributed by atoms with Crippen LogP contribution in [0.1, 0.15) is 25.5 Å². The van der Waals surface area contributed by atoms with Gasteiger partial charge in [-0.05, 0) is 55.9 Å². The molecule has 0 bridgehead atoms. The smallest absolute Gasteiger partial charge is 0.171 e. The van der Waals surface area contributed by atoms with Crippen molar-refractivity contribution < 1.29 is 4.74 Å². The van der Waals surface area contributed by atoms with E-state index in [9.17, 15) is 0 Å². The van der Waals surface area contributed by atoms with E-state index in [0.29, 0.717) is 11.7 Å². The molecule has 0 aromatic heterocycles. The van der Waals surface area contributed by atoms with Gasteiger partial charge < -0.3 is 15.4 Å². The lowest BCUT2D eigenvalue weighted by atomic mass is 10.1. The summed E-state index contributed by atoms with van der Waals surface area (Å²) in [5.74, 6) is 0.861. The first-order valence-electron chi connectivity index (χ1n) is 7.04. The first-order chi connectivity index (χ1) is 10.2. The maximum atomic E-state index is 5.41. The predicted molar refractivity (Wildman–Crippen MR) is 91.8 cm³/mol. The lowest BCUT2D eigenvalue weighted by Crippen LogP contribution is -2.30. The normalized spacial score (nSPS) is 11.5. The molecule has 21 heavy (non-hydrogen) atoms. The van der Waals surface area contributed by atoms with E-state index < -0.39 is 0 Å². The van der Waals surface area contributed by atoms with Crippen LogP contribution in [-0.4, -0.2) is 11.7 Å². The van der Waals surface area contributed by atoms with Crippen molar-refractivity contribution in [3.05, 3.63) is 60.2 Å². The molecule has 0 heterocycles. The predicted octanol–water partition coefficient (Wildman–Crippen LogP) is 4.13. The van der Waals surface area contributed by atoms with Crippen LogP contribution in [0.25, 0.3) is 0 Å². The van der Waals surface area contributed by atoms with E-state index in [1.165, 1.54) is 5.56 Å². The molecule has 2 rings (SSSR count). The minimum absolute atomic E-state index is 0.161. The Morgan fingerprint density at radius 1 is 1.10 bits per heavy atom. The summed E-state index contributed by atoms with van der Waals surface area (Å²) in [5.41, 5.74) is 2.14. The highest BCUT2D eigenvalue weighted by Gasteiger charge is 2.06. The summed E-state index contributed by atoms with van der Waals surface area (Å²) < 4.78 is 5.41. The van der Waals surface area contributed by atoms with Crippen molar-refractivity contribution in [1.29, 1.82) is 0 Å². The highest BCUT2D eigenvalue weighted by atomic mass is 32.1. The zero-order chi connectivity index (χ0) is 15.1. The van der Waals surface area contributed by atoms with Gasteiger partial charge in [0.1, 0.15) is 5.75 Å². The van der Waals surface area contributed by atoms with E-state index in [-0.39, 0.29) is 6.04 Å². The van der Waals surface area contributed by atoms with E-state index in [1.807, 2.05) is 49.4 Å². The van der Waals surface area contributed by atoms with Crippen LogP contribution in [0.3, 0.4) is 0 Å². The van der Waals surface area contributed by atoms with Crippen LogP contribution in [0.15, 0.2) is 54.6 Å². The molecular weight excluding hydrogens is 280 g/mol. The van der Waals surface area contributed by atoms with Gasteiger partial charge in [0.05, 0.1) is 12.6 Å². The zero-order valence-corrected chi connectivity index (χ0v) is 13.1. The van der Waals surface area contributed by atoms with E-state index in [0.717, 1.165) is 11.4 Å². The molecule has 0 radical (unpaired) electrons. The standard InChI is InChI=1S/C17H20N2OS/c1-3-20-16-11-9-15(10-12-16)19-17(21)18-13(2)14-7-5-4-6-8-14/h4-13H,3H2,1-2H3,(H2,18,19,21)/t13-/m1/s1. The molecule has 0 aliphatic rings. The molecule has 2 aromatic carbocycles. The van der Waals surface area contributed by atoms with Crippen molar-refractivity contribution in [1.82, 2.24) is 5.32 Å². The Balaban J connectivity index is 1.89. The average Bonchev–Trinajstić information content (AvgIpc) is 2.50. The number of benzene rings is 2. The van der Waals surface area contributed by atoms with Crippen LogP contribution >= 0.6 is 12.2 Å². The van der Waals surface area contributed by atoms with Crippen LogP contribution < -0.4 is 15.4 Å². The van der Waals surface area contributed by atoms with Crippen LogP contribution in [0.4, 0.5) is 5.69 Å². The summed E-state index contributed by atoms with van der Waals surface area (Å²) in [6.45, 7) is 4.72. The van der Waals surface area contributed by atoms with E-state index in [2.05, 4.69) is 29.7 Å². The lowest BCUT2D eigenvalue weighted by molar-refractivity contribution is 0.340. The first kappa shape index (κ1) is 15.3. The van der Waals surface area contributed by atoms with E-state index in [4.69, 9.17) is 17.0 Å². The van der Waals surface area contributed by atoms with Gasteiger partial charge in [-0.2, -0.15) is 0 Å². The van der Waals surface area contributed by atoms with Gasteiger partial charge in [0.15, 0.2) is 5.11 Å². The van der Waals surface area contributed by atoms with Gasteiger partial charge in [-0.25, -0.2) is 0 Å². The molecule has 0 aliphatic heterocycles. The fourth-order valence-electron chi connectivity index (χ4n) is 1.99. The van der Waals surface area contributed by atoms with Crippen molar-refractivity contribution in [3.63, 3.8) is 0 Å². The monoisotopic (exact) mass is 300 g/mol.